The largest absolute Gasteiger partial charge is 0.462 e. The number of nitrogens with zero attached hydrogens (tertiary/aromatic N) is 5. The summed E-state index contributed by atoms with van der Waals surface area (Å²) in [4.78, 5) is 13.1. The Hall–Kier alpha value is -2.40. The van der Waals surface area contributed by atoms with E-state index in [1.165, 1.54) is 11.1 Å². The number of rotatable bonds is 5. The molecular formula is C21H24ClN5O2. The molecule has 2 aromatic rings. The number of ether oxygens (including phenoxy) is 2. The van der Waals surface area contributed by atoms with Gasteiger partial charge in [0.2, 0.25) is 0 Å². The van der Waals surface area contributed by atoms with E-state index in [-0.39, 0.29) is 11.2 Å². The molecule has 1 saturated heterocycles. The van der Waals surface area contributed by atoms with Gasteiger partial charge >= 0.3 is 6.01 Å². The van der Waals surface area contributed by atoms with Gasteiger partial charge in [0.15, 0.2) is 11.0 Å². The van der Waals surface area contributed by atoms with Crippen LogP contribution in [0.5, 0.6) is 6.01 Å². The number of hydrogen-bond acceptors (Lipinski definition) is 7. The Morgan fingerprint density at radius 3 is 2.41 bits per heavy atom. The molecule has 3 heterocycles. The summed E-state index contributed by atoms with van der Waals surface area (Å²) in [7, 11) is 0. The Labute approximate surface area is 175 Å². The number of morpholine rings is 1. The zero-order valence-corrected chi connectivity index (χ0v) is 17.1. The topological polar surface area (TPSA) is 74.5 Å². The molecule has 1 fully saturated rings. The monoisotopic (exact) mass is 413 g/mol. The zero-order chi connectivity index (χ0) is 20.1. The summed E-state index contributed by atoms with van der Waals surface area (Å²) >= 11 is 6.30. The van der Waals surface area contributed by atoms with E-state index in [0.717, 1.165) is 58.8 Å². The molecule has 1 aromatic carbocycles. The molecule has 4 rings (SSSR count). The van der Waals surface area contributed by atoms with Crippen molar-refractivity contribution in [2.45, 2.75) is 12.8 Å². The Morgan fingerprint density at radius 1 is 1.07 bits per heavy atom. The number of anilines is 1. The van der Waals surface area contributed by atoms with E-state index in [0.29, 0.717) is 18.0 Å². The van der Waals surface area contributed by atoms with Gasteiger partial charge in [-0.15, -0.1) is 0 Å². The standard InChI is InChI=1S/C21H24ClN5O2/c22-19-18(15-23)20(27-7-5-16-3-1-2-4-17(16)6-8-27)25-21(24-19)29-14-11-26-9-12-28-13-10-26/h1-4H,5-14H2. The van der Waals surface area contributed by atoms with Crippen LogP contribution in [0.25, 0.3) is 0 Å². The molecule has 0 bridgehead atoms. The minimum Gasteiger partial charge on any atom is -0.462 e. The number of halogens is 1. The summed E-state index contributed by atoms with van der Waals surface area (Å²) in [5.74, 6) is 0.557. The van der Waals surface area contributed by atoms with Crippen LogP contribution < -0.4 is 9.64 Å². The SMILES string of the molecule is N#Cc1c(Cl)nc(OCCN2CCOCC2)nc1N1CCc2ccccc2CC1. The number of aromatic nitrogens is 2. The van der Waals surface area contributed by atoms with E-state index in [1.54, 1.807) is 0 Å². The summed E-state index contributed by atoms with van der Waals surface area (Å²) < 4.78 is 11.1. The van der Waals surface area contributed by atoms with Crippen LogP contribution in [-0.2, 0) is 17.6 Å². The van der Waals surface area contributed by atoms with Crippen LogP contribution in [0.4, 0.5) is 5.82 Å². The summed E-state index contributed by atoms with van der Waals surface area (Å²) in [6.07, 6.45) is 1.80. The van der Waals surface area contributed by atoms with Gasteiger partial charge in [-0.1, -0.05) is 35.9 Å². The van der Waals surface area contributed by atoms with Gasteiger partial charge in [0.05, 0.1) is 13.2 Å². The fourth-order valence-electron chi connectivity index (χ4n) is 3.76. The van der Waals surface area contributed by atoms with Crippen molar-refractivity contribution < 1.29 is 9.47 Å². The molecule has 0 aliphatic carbocycles. The van der Waals surface area contributed by atoms with E-state index in [9.17, 15) is 5.26 Å². The predicted molar refractivity (Wildman–Crippen MR) is 111 cm³/mol. The quantitative estimate of drug-likeness (QED) is 0.696. The van der Waals surface area contributed by atoms with Crippen molar-refractivity contribution in [3.8, 4) is 12.1 Å². The normalized spacial score (nSPS) is 17.3. The lowest BCUT2D eigenvalue weighted by molar-refractivity contribution is 0.0317. The molecule has 0 spiro atoms. The number of benzene rings is 1. The molecule has 0 atom stereocenters. The van der Waals surface area contributed by atoms with Crippen molar-refractivity contribution in [2.24, 2.45) is 0 Å². The fourth-order valence-corrected chi connectivity index (χ4v) is 3.96. The highest BCUT2D eigenvalue weighted by atomic mass is 35.5. The molecule has 0 N–H and O–H groups in total. The fraction of sp³-hybridized carbons (Fsp3) is 0.476. The van der Waals surface area contributed by atoms with Crippen molar-refractivity contribution >= 4 is 17.4 Å². The third-order valence-electron chi connectivity index (χ3n) is 5.40. The number of fused-ring (bicyclic) bond motifs is 1. The Morgan fingerprint density at radius 2 is 1.76 bits per heavy atom. The van der Waals surface area contributed by atoms with Crippen molar-refractivity contribution in [3.05, 3.63) is 46.1 Å². The maximum Gasteiger partial charge on any atom is 0.319 e. The minimum absolute atomic E-state index is 0.139. The molecule has 0 unspecified atom stereocenters. The molecule has 2 aliphatic heterocycles. The smallest absolute Gasteiger partial charge is 0.319 e. The average Bonchev–Trinajstić information content (AvgIpc) is 2.97. The predicted octanol–water partition coefficient (Wildman–Crippen LogP) is 2.32. The molecule has 0 saturated carbocycles. The summed E-state index contributed by atoms with van der Waals surface area (Å²) in [5, 5.41) is 9.75. The van der Waals surface area contributed by atoms with Gasteiger partial charge in [-0.25, -0.2) is 0 Å². The molecule has 0 amide bonds. The lowest BCUT2D eigenvalue weighted by Gasteiger charge is -2.26. The first-order valence-electron chi connectivity index (χ1n) is 9.97. The second-order valence-corrected chi connectivity index (χ2v) is 7.52. The molecule has 7 nitrogen and oxygen atoms in total. The van der Waals surface area contributed by atoms with Gasteiger partial charge in [-0.05, 0) is 24.0 Å². The molecule has 2 aliphatic rings. The summed E-state index contributed by atoms with van der Waals surface area (Å²) in [6, 6.07) is 10.8. The van der Waals surface area contributed by atoms with Crippen LogP contribution >= 0.6 is 11.6 Å². The molecule has 0 radical (unpaired) electrons. The maximum absolute atomic E-state index is 9.61. The van der Waals surface area contributed by atoms with Crippen molar-refractivity contribution in [2.75, 3.05) is 57.4 Å². The van der Waals surface area contributed by atoms with E-state index in [2.05, 4.69) is 50.1 Å². The average molecular weight is 414 g/mol. The number of nitriles is 1. The van der Waals surface area contributed by atoms with Crippen LogP contribution in [0.2, 0.25) is 5.15 Å². The lowest BCUT2D eigenvalue weighted by Crippen LogP contribution is -2.38. The second kappa shape index (κ2) is 9.40. The van der Waals surface area contributed by atoms with Crippen molar-refractivity contribution in [1.29, 1.82) is 5.26 Å². The molecule has 152 valence electrons. The van der Waals surface area contributed by atoms with Crippen molar-refractivity contribution in [1.82, 2.24) is 14.9 Å². The highest BCUT2D eigenvalue weighted by Crippen LogP contribution is 2.28. The highest BCUT2D eigenvalue weighted by Gasteiger charge is 2.22. The van der Waals surface area contributed by atoms with Crippen LogP contribution in [0.15, 0.2) is 24.3 Å². The van der Waals surface area contributed by atoms with Crippen LogP contribution in [0.1, 0.15) is 16.7 Å². The third kappa shape index (κ3) is 4.78. The van der Waals surface area contributed by atoms with Gasteiger partial charge in [0.25, 0.3) is 0 Å². The molecule has 8 heteroatoms. The first-order valence-corrected chi connectivity index (χ1v) is 10.3. The third-order valence-corrected chi connectivity index (χ3v) is 5.67. The first kappa shape index (κ1) is 19.9. The summed E-state index contributed by atoms with van der Waals surface area (Å²) in [5.41, 5.74) is 2.99. The van der Waals surface area contributed by atoms with Crippen LogP contribution in [-0.4, -0.2) is 67.4 Å². The van der Waals surface area contributed by atoms with E-state index >= 15 is 0 Å². The Bertz CT molecular complexity index is 868. The van der Waals surface area contributed by atoms with Gasteiger partial charge in [0, 0.05) is 32.7 Å². The Kier molecular flexibility index (Phi) is 6.45. The summed E-state index contributed by atoms with van der Waals surface area (Å²) in [6.45, 7) is 6.08. The van der Waals surface area contributed by atoms with E-state index < -0.39 is 0 Å². The van der Waals surface area contributed by atoms with Crippen molar-refractivity contribution in [3.63, 3.8) is 0 Å². The number of hydrogen-bond donors (Lipinski definition) is 0. The Balaban J connectivity index is 1.48. The second-order valence-electron chi connectivity index (χ2n) is 7.17. The highest BCUT2D eigenvalue weighted by molar-refractivity contribution is 6.30. The van der Waals surface area contributed by atoms with Gasteiger partial charge in [0.1, 0.15) is 18.2 Å². The molecule has 29 heavy (non-hydrogen) atoms. The minimum atomic E-state index is 0.139. The molecular weight excluding hydrogens is 390 g/mol. The zero-order valence-electron chi connectivity index (χ0n) is 16.3. The van der Waals surface area contributed by atoms with Gasteiger partial charge in [-0.2, -0.15) is 15.2 Å². The van der Waals surface area contributed by atoms with E-state index in [4.69, 9.17) is 21.1 Å². The lowest BCUT2D eigenvalue weighted by atomic mass is 10.0. The maximum atomic E-state index is 9.61. The van der Waals surface area contributed by atoms with Gasteiger partial charge in [-0.3, -0.25) is 4.90 Å². The van der Waals surface area contributed by atoms with Crippen LogP contribution in [0.3, 0.4) is 0 Å². The molecule has 1 aromatic heterocycles. The van der Waals surface area contributed by atoms with E-state index in [1.807, 2.05) is 0 Å². The van der Waals surface area contributed by atoms with Gasteiger partial charge < -0.3 is 14.4 Å². The van der Waals surface area contributed by atoms with Crippen LogP contribution in [0, 0.1) is 11.3 Å². The first-order chi connectivity index (χ1) is 14.2.